The fourth-order valence-electron chi connectivity index (χ4n) is 2.47. The van der Waals surface area contributed by atoms with Crippen molar-refractivity contribution in [2.75, 3.05) is 0 Å². The number of carbonyl (C=O) groups excluding carboxylic acids is 1. The second kappa shape index (κ2) is 2.97. The third kappa shape index (κ3) is 1.62. The van der Waals surface area contributed by atoms with Gasteiger partial charge in [-0.15, -0.1) is 0 Å². The Morgan fingerprint density at radius 3 is 2.33 bits per heavy atom. The summed E-state index contributed by atoms with van der Waals surface area (Å²) >= 11 is 0. The maximum atomic E-state index is 12.0. The molecule has 1 heterocycles. The van der Waals surface area contributed by atoms with Crippen LogP contribution in [-0.4, -0.2) is 34.0 Å². The molecule has 2 fully saturated rings. The molecule has 0 radical (unpaired) electrons. The standard InChI is InChI=1S/C11H17NO3/c1-11(2,3)9(13)8-5-6-4-7(6)12(8)10(14)15/h6-8H,4-5H2,1-3H3,(H,14,15)/t6-,7-,8-/m1/s1. The molecule has 1 amide bonds. The molecular formula is C11H17NO3. The number of rotatable bonds is 1. The summed E-state index contributed by atoms with van der Waals surface area (Å²) in [6, 6.07) is -0.273. The quantitative estimate of drug-likeness (QED) is 0.718. The van der Waals surface area contributed by atoms with Crippen LogP contribution >= 0.6 is 0 Å². The van der Waals surface area contributed by atoms with Gasteiger partial charge in [-0.3, -0.25) is 9.69 Å². The Bertz CT molecular complexity index is 318. The molecule has 4 heteroatoms. The molecule has 1 saturated carbocycles. The molecule has 0 aromatic rings. The Labute approximate surface area is 89.3 Å². The summed E-state index contributed by atoms with van der Waals surface area (Å²) in [6.07, 6.45) is 0.732. The van der Waals surface area contributed by atoms with Gasteiger partial charge in [-0.05, 0) is 18.8 Å². The zero-order valence-corrected chi connectivity index (χ0v) is 9.36. The fraction of sp³-hybridized carbons (Fsp3) is 0.818. The fourth-order valence-corrected chi connectivity index (χ4v) is 2.47. The molecule has 0 spiro atoms. The van der Waals surface area contributed by atoms with Gasteiger partial charge in [-0.25, -0.2) is 4.79 Å². The van der Waals surface area contributed by atoms with Crippen LogP contribution in [0.3, 0.4) is 0 Å². The lowest BCUT2D eigenvalue weighted by molar-refractivity contribution is -0.130. The monoisotopic (exact) mass is 211 g/mol. The highest BCUT2D eigenvalue weighted by Crippen LogP contribution is 2.49. The van der Waals surface area contributed by atoms with Crippen molar-refractivity contribution in [3.05, 3.63) is 0 Å². The Kier molecular flexibility index (Phi) is 2.07. The molecule has 3 atom stereocenters. The Morgan fingerprint density at radius 1 is 1.27 bits per heavy atom. The van der Waals surface area contributed by atoms with Gasteiger partial charge in [0.05, 0.1) is 6.04 Å². The van der Waals surface area contributed by atoms with Crippen LogP contribution in [0.15, 0.2) is 0 Å². The molecule has 0 unspecified atom stereocenters. The first kappa shape index (κ1) is 10.5. The van der Waals surface area contributed by atoms with Crippen molar-refractivity contribution in [3.63, 3.8) is 0 Å². The average molecular weight is 211 g/mol. The zero-order valence-electron chi connectivity index (χ0n) is 9.36. The number of ketones is 1. The molecule has 1 N–H and O–H groups in total. The molecule has 1 aliphatic heterocycles. The number of hydrogen-bond acceptors (Lipinski definition) is 2. The molecule has 2 aliphatic rings. The molecule has 2 rings (SSSR count). The molecule has 15 heavy (non-hydrogen) atoms. The highest BCUT2D eigenvalue weighted by molar-refractivity contribution is 5.92. The largest absolute Gasteiger partial charge is 0.465 e. The van der Waals surface area contributed by atoms with Crippen LogP contribution in [0.2, 0.25) is 0 Å². The first-order valence-corrected chi connectivity index (χ1v) is 5.38. The van der Waals surface area contributed by atoms with E-state index >= 15 is 0 Å². The number of piperidine rings is 1. The van der Waals surface area contributed by atoms with Crippen LogP contribution < -0.4 is 0 Å². The summed E-state index contributed by atoms with van der Waals surface area (Å²) in [4.78, 5) is 24.5. The number of hydrogen-bond donors (Lipinski definition) is 1. The van der Waals surface area contributed by atoms with Gasteiger partial charge in [0, 0.05) is 11.5 Å². The van der Waals surface area contributed by atoms with E-state index in [-0.39, 0.29) is 11.8 Å². The average Bonchev–Trinajstić information content (AvgIpc) is 2.73. The van der Waals surface area contributed by atoms with E-state index in [9.17, 15) is 9.59 Å². The van der Waals surface area contributed by atoms with E-state index in [0.29, 0.717) is 5.92 Å². The van der Waals surface area contributed by atoms with Crippen LogP contribution in [0, 0.1) is 11.3 Å². The van der Waals surface area contributed by atoms with E-state index < -0.39 is 17.6 Å². The minimum atomic E-state index is -0.942. The van der Waals surface area contributed by atoms with E-state index in [1.54, 1.807) is 0 Å². The topological polar surface area (TPSA) is 57.6 Å². The molecule has 0 aromatic heterocycles. The number of nitrogens with zero attached hydrogens (tertiary/aromatic N) is 1. The lowest BCUT2D eigenvalue weighted by Gasteiger charge is -2.29. The van der Waals surface area contributed by atoms with Gasteiger partial charge in [0.1, 0.15) is 0 Å². The lowest BCUT2D eigenvalue weighted by atomic mass is 9.85. The Balaban J connectivity index is 2.16. The number of Topliss-reactive ketones (excluding diaryl/α,β-unsaturated/α-hetero) is 1. The minimum absolute atomic E-state index is 0.0529. The normalized spacial score (nSPS) is 33.8. The highest BCUT2D eigenvalue weighted by atomic mass is 16.4. The molecule has 84 valence electrons. The summed E-state index contributed by atoms with van der Waals surface area (Å²) < 4.78 is 0. The summed E-state index contributed by atoms with van der Waals surface area (Å²) in [7, 11) is 0. The first-order valence-electron chi connectivity index (χ1n) is 5.38. The van der Waals surface area contributed by atoms with Crippen LogP contribution in [0.5, 0.6) is 0 Å². The number of likely N-dealkylation sites (tertiary alicyclic amines) is 1. The van der Waals surface area contributed by atoms with Crippen LogP contribution in [0.25, 0.3) is 0 Å². The molecule has 0 aromatic carbocycles. The molecule has 1 saturated heterocycles. The summed E-state index contributed by atoms with van der Waals surface area (Å²) in [6.45, 7) is 5.54. The second-order valence-corrected chi connectivity index (χ2v) is 5.62. The van der Waals surface area contributed by atoms with Gasteiger partial charge in [-0.2, -0.15) is 0 Å². The number of carboxylic acid groups (broad SMARTS) is 1. The number of carbonyl (C=O) groups is 2. The zero-order chi connectivity index (χ0) is 11.4. The third-order valence-electron chi connectivity index (χ3n) is 3.37. The van der Waals surface area contributed by atoms with E-state index in [2.05, 4.69) is 0 Å². The smallest absolute Gasteiger partial charge is 0.408 e. The van der Waals surface area contributed by atoms with Gasteiger partial charge in [0.2, 0.25) is 0 Å². The molecule has 0 bridgehead atoms. The van der Waals surface area contributed by atoms with Crippen molar-refractivity contribution in [1.29, 1.82) is 0 Å². The van der Waals surface area contributed by atoms with Crippen molar-refractivity contribution in [2.45, 2.75) is 45.7 Å². The van der Waals surface area contributed by atoms with Crippen molar-refractivity contribution in [1.82, 2.24) is 4.90 Å². The lowest BCUT2D eigenvalue weighted by Crippen LogP contribution is -2.46. The maximum Gasteiger partial charge on any atom is 0.408 e. The first-order chi connectivity index (χ1) is 6.82. The van der Waals surface area contributed by atoms with Crippen molar-refractivity contribution in [2.24, 2.45) is 11.3 Å². The molecule has 4 nitrogen and oxygen atoms in total. The predicted molar refractivity (Wildman–Crippen MR) is 54.6 cm³/mol. The van der Waals surface area contributed by atoms with Gasteiger partial charge in [0.15, 0.2) is 5.78 Å². The van der Waals surface area contributed by atoms with Crippen LogP contribution in [-0.2, 0) is 4.79 Å². The highest BCUT2D eigenvalue weighted by Gasteiger charge is 2.57. The van der Waals surface area contributed by atoms with Gasteiger partial charge < -0.3 is 5.11 Å². The second-order valence-electron chi connectivity index (χ2n) is 5.62. The summed E-state index contributed by atoms with van der Waals surface area (Å²) in [5.41, 5.74) is -0.449. The number of fused-ring (bicyclic) bond motifs is 1. The Morgan fingerprint density at radius 2 is 1.87 bits per heavy atom. The van der Waals surface area contributed by atoms with Crippen molar-refractivity contribution < 1.29 is 14.7 Å². The van der Waals surface area contributed by atoms with E-state index in [1.165, 1.54) is 4.90 Å². The van der Waals surface area contributed by atoms with E-state index in [1.807, 2.05) is 20.8 Å². The molecular weight excluding hydrogens is 194 g/mol. The Hall–Kier alpha value is -1.06. The molecule has 1 aliphatic carbocycles. The van der Waals surface area contributed by atoms with Crippen LogP contribution in [0.4, 0.5) is 4.79 Å². The maximum absolute atomic E-state index is 12.0. The number of amides is 1. The van der Waals surface area contributed by atoms with E-state index in [0.717, 1.165) is 12.8 Å². The van der Waals surface area contributed by atoms with Crippen molar-refractivity contribution >= 4 is 11.9 Å². The summed E-state index contributed by atoms with van der Waals surface area (Å²) in [5.74, 6) is 0.495. The van der Waals surface area contributed by atoms with Gasteiger partial charge in [-0.1, -0.05) is 20.8 Å². The minimum Gasteiger partial charge on any atom is -0.465 e. The van der Waals surface area contributed by atoms with E-state index in [4.69, 9.17) is 5.11 Å². The predicted octanol–water partition coefficient (Wildman–Crippen LogP) is 1.74. The van der Waals surface area contributed by atoms with Crippen molar-refractivity contribution in [3.8, 4) is 0 Å². The van der Waals surface area contributed by atoms with Crippen LogP contribution in [0.1, 0.15) is 33.6 Å². The third-order valence-corrected chi connectivity index (χ3v) is 3.37. The summed E-state index contributed by atoms with van der Waals surface area (Å²) in [5, 5.41) is 9.07. The SMILES string of the molecule is CC(C)(C)C(=O)[C@H]1C[C@H]2C[C@H]2N1C(=O)O. The van der Waals surface area contributed by atoms with Gasteiger partial charge >= 0.3 is 6.09 Å². The van der Waals surface area contributed by atoms with Gasteiger partial charge in [0.25, 0.3) is 0 Å².